The van der Waals surface area contributed by atoms with E-state index in [4.69, 9.17) is 34.3 Å². The molecule has 0 saturated carbocycles. The molecule has 0 aromatic carbocycles. The molecule has 10 heavy (non-hydrogen) atoms. The Labute approximate surface area is 99.5 Å². The third kappa shape index (κ3) is 256. The predicted octanol–water partition coefficient (Wildman–Crippen LogP) is -6.61. The number of phosphoric acid groups is 1. The zero-order valence-electron chi connectivity index (χ0n) is 5.08. The minimum atomic E-state index is -4.64. The first kappa shape index (κ1) is 17.7. The Bertz CT molecular complexity index is 84.8. The first-order chi connectivity index (χ1) is 3.73. The van der Waals surface area contributed by atoms with Crippen molar-refractivity contribution in [3.05, 3.63) is 0 Å². The molecule has 0 fully saturated rings. The maximum atomic E-state index is 8.88. The summed E-state index contributed by atoms with van der Waals surface area (Å²) in [5.74, 6) is 0. The average Bonchev–Trinajstić information content (AvgIpc) is 1.19. The molecule has 0 aliphatic rings. The molecule has 0 rings (SSSR count). The first-order valence-electron chi connectivity index (χ1n) is 1.53. The Balaban J connectivity index is -0.0000000910. The van der Waals surface area contributed by atoms with Crippen molar-refractivity contribution in [3.8, 4) is 0 Å². The van der Waals surface area contributed by atoms with E-state index >= 15 is 0 Å². The van der Waals surface area contributed by atoms with Gasteiger partial charge in [0.1, 0.15) is 0 Å². The molecule has 0 spiro atoms. The molecule has 5 N–H and O–H groups in total. The van der Waals surface area contributed by atoms with Crippen LogP contribution in [0.1, 0.15) is 0 Å². The summed E-state index contributed by atoms with van der Waals surface area (Å²) in [7, 11) is -7.06. The van der Waals surface area contributed by atoms with Gasteiger partial charge in [-0.1, -0.05) is 0 Å². The van der Waals surface area contributed by atoms with Crippen molar-refractivity contribution in [2.75, 3.05) is 0 Å². The number of hydrogen-bond donors (Lipinski definition) is 5. The summed E-state index contributed by atoms with van der Waals surface area (Å²) in [4.78, 5) is 21.6. The zero-order valence-corrected chi connectivity index (χ0v) is 9.09. The van der Waals surface area contributed by atoms with Gasteiger partial charge in [-0.15, -0.1) is 0 Å². The third-order valence-electron chi connectivity index (χ3n) is 0. The summed E-state index contributed by atoms with van der Waals surface area (Å²) < 4.78 is 8.88. The Morgan fingerprint density at radius 3 is 1.20 bits per heavy atom. The van der Waals surface area contributed by atoms with Crippen LogP contribution in [0.25, 0.3) is 0 Å². The minimum absolute atomic E-state index is 0. The van der Waals surface area contributed by atoms with Crippen LogP contribution in [0.15, 0.2) is 0 Å². The van der Waals surface area contributed by atoms with E-state index < -0.39 is 15.1 Å². The molecule has 0 atom stereocenters. The van der Waals surface area contributed by atoms with Gasteiger partial charge in [-0.2, -0.15) is 0 Å². The van der Waals surface area contributed by atoms with Crippen molar-refractivity contribution in [3.63, 3.8) is 0 Å². The Kier molecular flexibility index (Phi) is 15.5. The second-order valence-electron chi connectivity index (χ2n) is 0.840. The molecule has 7 nitrogen and oxygen atoms in total. The van der Waals surface area contributed by atoms with Crippen LogP contribution in [0.3, 0.4) is 0 Å². The molecule has 56 valence electrons. The van der Waals surface area contributed by atoms with E-state index in [1.165, 1.54) is 0 Å². The van der Waals surface area contributed by atoms with Crippen LogP contribution >= 0.6 is 7.82 Å². The Hall–Kier alpha value is 1.69. The van der Waals surface area contributed by atoms with Crippen LogP contribution in [-0.4, -0.2) is 32.0 Å². The summed E-state index contributed by atoms with van der Waals surface area (Å²) in [6.07, 6.45) is 0. The van der Waals surface area contributed by atoms with Gasteiger partial charge in [0, 0.05) is 0 Å². The average molecular weight is 198 g/mol. The molecule has 0 unspecified atom stereocenters. The van der Waals surface area contributed by atoms with Crippen molar-refractivity contribution in [1.29, 1.82) is 0 Å². The topological polar surface area (TPSA) is 141 Å². The SMILES string of the molecule is O=P(O)(O)O.[K+].[O-]B(O)O. The molecule has 10 heteroatoms. The van der Waals surface area contributed by atoms with E-state index in [1.54, 1.807) is 0 Å². The molecule has 0 saturated heterocycles. The van der Waals surface area contributed by atoms with E-state index in [1.807, 2.05) is 0 Å². The minimum Gasteiger partial charge on any atom is -0.832 e. The second kappa shape index (κ2) is 8.78. The van der Waals surface area contributed by atoms with Crippen LogP contribution in [0.4, 0.5) is 0 Å². The molecule has 0 amide bonds. The summed E-state index contributed by atoms with van der Waals surface area (Å²) >= 11 is 0. The van der Waals surface area contributed by atoms with Crippen LogP contribution in [-0.2, 0) is 4.57 Å². The molecular formula is H5BKO7P. The normalized spacial score (nSPS) is 8.60. The summed E-state index contributed by atoms with van der Waals surface area (Å²) in [5, 5.41) is 22.8. The van der Waals surface area contributed by atoms with Gasteiger partial charge in [0.15, 0.2) is 0 Å². The van der Waals surface area contributed by atoms with Crippen LogP contribution in [0.2, 0.25) is 0 Å². The molecule has 0 heterocycles. The van der Waals surface area contributed by atoms with Gasteiger partial charge in [0.2, 0.25) is 0 Å². The quantitative estimate of drug-likeness (QED) is 0.192. The summed E-state index contributed by atoms with van der Waals surface area (Å²) in [6, 6.07) is 0. The van der Waals surface area contributed by atoms with E-state index in [0.717, 1.165) is 0 Å². The molecular weight excluding hydrogens is 193 g/mol. The molecule has 0 radical (unpaired) electrons. The zero-order chi connectivity index (χ0) is 8.08. The molecule has 0 bridgehead atoms. The van der Waals surface area contributed by atoms with Gasteiger partial charge in [0.05, 0.1) is 0 Å². The largest absolute Gasteiger partial charge is 1.00 e. The maximum absolute atomic E-state index is 8.88. The number of rotatable bonds is 0. The third-order valence-corrected chi connectivity index (χ3v) is 0. The van der Waals surface area contributed by atoms with Gasteiger partial charge < -0.3 is 29.8 Å². The summed E-state index contributed by atoms with van der Waals surface area (Å²) in [5.41, 5.74) is 0. The van der Waals surface area contributed by atoms with E-state index in [2.05, 4.69) is 0 Å². The van der Waals surface area contributed by atoms with Crippen molar-refractivity contribution in [2.24, 2.45) is 0 Å². The van der Waals surface area contributed by atoms with Gasteiger partial charge in [-0.05, 0) is 0 Å². The van der Waals surface area contributed by atoms with Gasteiger partial charge in [-0.3, -0.25) is 0 Å². The Morgan fingerprint density at radius 2 is 1.20 bits per heavy atom. The van der Waals surface area contributed by atoms with Gasteiger partial charge in [-0.25, -0.2) is 4.57 Å². The number of hydrogen-bond acceptors (Lipinski definition) is 4. The predicted molar refractivity (Wildman–Crippen MR) is 24.5 cm³/mol. The van der Waals surface area contributed by atoms with Crippen molar-refractivity contribution >= 4 is 15.1 Å². The summed E-state index contributed by atoms with van der Waals surface area (Å²) in [6.45, 7) is 0. The van der Waals surface area contributed by atoms with Gasteiger partial charge in [0.25, 0.3) is 0 Å². The van der Waals surface area contributed by atoms with E-state index in [9.17, 15) is 0 Å². The van der Waals surface area contributed by atoms with Gasteiger partial charge >= 0.3 is 66.5 Å². The Morgan fingerprint density at radius 1 is 1.20 bits per heavy atom. The fraction of sp³-hybridized carbons (Fsp3) is 0. The fourth-order valence-electron chi connectivity index (χ4n) is 0. The van der Waals surface area contributed by atoms with Crippen molar-refractivity contribution in [1.82, 2.24) is 0 Å². The van der Waals surface area contributed by atoms with Crippen LogP contribution in [0, 0.1) is 0 Å². The monoisotopic (exact) mass is 198 g/mol. The molecule has 0 aliphatic carbocycles. The standard InChI is InChI=1S/BH2O3.K.H3O4P/c2-1(3)4;;1-5(2,3)4/h2-3H;;(H3,1,2,3,4)/q-1;+1;. The first-order valence-corrected chi connectivity index (χ1v) is 3.10. The van der Waals surface area contributed by atoms with Crippen molar-refractivity contribution < 1.29 is 85.7 Å². The van der Waals surface area contributed by atoms with Crippen LogP contribution in [0.5, 0.6) is 0 Å². The fourth-order valence-corrected chi connectivity index (χ4v) is 0. The second-order valence-corrected chi connectivity index (χ2v) is 1.87. The van der Waals surface area contributed by atoms with Crippen molar-refractivity contribution in [2.45, 2.75) is 0 Å². The molecule has 0 aromatic rings. The van der Waals surface area contributed by atoms with E-state index in [-0.39, 0.29) is 51.4 Å². The van der Waals surface area contributed by atoms with E-state index in [0.29, 0.717) is 0 Å². The molecule has 0 aliphatic heterocycles. The van der Waals surface area contributed by atoms with Crippen LogP contribution < -0.4 is 56.4 Å². The molecule has 0 aromatic heterocycles. The smallest absolute Gasteiger partial charge is 0.832 e. The maximum Gasteiger partial charge on any atom is 1.00 e.